The zero-order valence-corrected chi connectivity index (χ0v) is 10.7. The summed E-state index contributed by atoms with van der Waals surface area (Å²) in [7, 11) is 0. The second kappa shape index (κ2) is 4.98. The lowest BCUT2D eigenvalue weighted by atomic mass is 9.93. The fourth-order valence-corrected chi connectivity index (χ4v) is 2.06. The van der Waals surface area contributed by atoms with Crippen LogP contribution in [-0.2, 0) is 22.6 Å². The summed E-state index contributed by atoms with van der Waals surface area (Å²) in [5.74, 6) is -0.0220. The highest BCUT2D eigenvalue weighted by Crippen LogP contribution is 2.33. The monoisotopic (exact) mass is 250 g/mol. The number of benzene rings is 1. The van der Waals surface area contributed by atoms with E-state index in [4.69, 9.17) is 14.6 Å². The van der Waals surface area contributed by atoms with Crippen molar-refractivity contribution in [1.82, 2.24) is 0 Å². The number of hydrogen-bond donors (Lipinski definition) is 1. The van der Waals surface area contributed by atoms with Gasteiger partial charge in [-0.05, 0) is 49.9 Å². The Morgan fingerprint density at radius 3 is 3.00 bits per heavy atom. The van der Waals surface area contributed by atoms with Crippen molar-refractivity contribution in [3.8, 4) is 5.75 Å². The average molecular weight is 250 g/mol. The largest absolute Gasteiger partial charge is 0.488 e. The molecule has 0 spiro atoms. The van der Waals surface area contributed by atoms with Gasteiger partial charge in [0.15, 0.2) is 0 Å². The number of ether oxygens (including phenoxy) is 2. The molecule has 0 amide bonds. The number of fused-ring (bicyclic) bond motifs is 1. The average Bonchev–Trinajstić information content (AvgIpc) is 2.28. The SMILES string of the molecule is CC1(C)CCc2cc(COCC(=O)O)ccc2O1. The molecule has 1 aromatic carbocycles. The maximum atomic E-state index is 10.3. The minimum absolute atomic E-state index is 0.103. The molecule has 1 aromatic rings. The van der Waals surface area contributed by atoms with Crippen molar-refractivity contribution in [3.63, 3.8) is 0 Å². The number of aliphatic carboxylic acids is 1. The van der Waals surface area contributed by atoms with E-state index in [2.05, 4.69) is 13.8 Å². The third-order valence-electron chi connectivity index (χ3n) is 3.00. The maximum absolute atomic E-state index is 10.3. The number of rotatable bonds is 4. The summed E-state index contributed by atoms with van der Waals surface area (Å²) in [6.07, 6.45) is 1.97. The summed E-state index contributed by atoms with van der Waals surface area (Å²) in [5.41, 5.74) is 2.05. The molecule has 4 nitrogen and oxygen atoms in total. The molecule has 0 saturated carbocycles. The first kappa shape index (κ1) is 12.9. The van der Waals surface area contributed by atoms with Crippen LogP contribution in [0.25, 0.3) is 0 Å². The quantitative estimate of drug-likeness (QED) is 0.891. The van der Waals surface area contributed by atoms with Gasteiger partial charge in [0.05, 0.1) is 6.61 Å². The Hall–Kier alpha value is -1.55. The van der Waals surface area contributed by atoms with E-state index < -0.39 is 5.97 Å². The maximum Gasteiger partial charge on any atom is 0.329 e. The van der Waals surface area contributed by atoms with Gasteiger partial charge in [0.1, 0.15) is 18.0 Å². The summed E-state index contributed by atoms with van der Waals surface area (Å²) < 4.78 is 11.0. The van der Waals surface area contributed by atoms with Crippen LogP contribution in [0.15, 0.2) is 18.2 Å². The summed E-state index contributed by atoms with van der Waals surface area (Å²) in [6, 6.07) is 5.89. The number of carboxylic acids is 1. The third kappa shape index (κ3) is 3.23. The first-order valence-corrected chi connectivity index (χ1v) is 6.07. The van der Waals surface area contributed by atoms with E-state index >= 15 is 0 Å². The fourth-order valence-electron chi connectivity index (χ4n) is 2.06. The third-order valence-corrected chi connectivity index (χ3v) is 3.00. The van der Waals surface area contributed by atoms with Gasteiger partial charge in [-0.15, -0.1) is 0 Å². The smallest absolute Gasteiger partial charge is 0.329 e. The molecule has 0 saturated heterocycles. The molecule has 18 heavy (non-hydrogen) atoms. The van der Waals surface area contributed by atoms with Crippen LogP contribution in [0.4, 0.5) is 0 Å². The summed E-state index contributed by atoms with van der Waals surface area (Å²) in [4.78, 5) is 10.3. The van der Waals surface area contributed by atoms with Gasteiger partial charge in [-0.2, -0.15) is 0 Å². The van der Waals surface area contributed by atoms with Gasteiger partial charge in [-0.3, -0.25) is 0 Å². The minimum Gasteiger partial charge on any atom is -0.488 e. The Kier molecular flexibility index (Phi) is 3.57. The van der Waals surface area contributed by atoms with Crippen LogP contribution in [0.1, 0.15) is 31.4 Å². The molecule has 1 heterocycles. The van der Waals surface area contributed by atoms with Crippen LogP contribution in [0.2, 0.25) is 0 Å². The van der Waals surface area contributed by atoms with E-state index in [0.717, 1.165) is 24.2 Å². The molecule has 0 bridgehead atoms. The van der Waals surface area contributed by atoms with Crippen molar-refractivity contribution in [1.29, 1.82) is 0 Å². The topological polar surface area (TPSA) is 55.8 Å². The Bertz CT molecular complexity index is 451. The van der Waals surface area contributed by atoms with Crippen molar-refractivity contribution in [3.05, 3.63) is 29.3 Å². The summed E-state index contributed by atoms with van der Waals surface area (Å²) in [6.45, 7) is 4.23. The normalized spacial score (nSPS) is 16.8. The van der Waals surface area contributed by atoms with Gasteiger partial charge in [0, 0.05) is 0 Å². The molecule has 4 heteroatoms. The van der Waals surface area contributed by atoms with Gasteiger partial charge in [-0.25, -0.2) is 4.79 Å². The highest BCUT2D eigenvalue weighted by molar-refractivity contribution is 5.68. The predicted octanol–water partition coefficient (Wildman–Crippen LogP) is 2.39. The molecule has 98 valence electrons. The zero-order chi connectivity index (χ0) is 13.2. The van der Waals surface area contributed by atoms with E-state index in [1.807, 2.05) is 18.2 Å². The lowest BCUT2D eigenvalue weighted by molar-refractivity contribution is -0.142. The van der Waals surface area contributed by atoms with E-state index in [0.29, 0.717) is 6.61 Å². The summed E-state index contributed by atoms with van der Waals surface area (Å²) in [5, 5.41) is 8.50. The van der Waals surface area contributed by atoms with Crippen LogP contribution < -0.4 is 4.74 Å². The Morgan fingerprint density at radius 2 is 2.28 bits per heavy atom. The molecule has 0 radical (unpaired) electrons. The minimum atomic E-state index is -0.946. The van der Waals surface area contributed by atoms with Crippen LogP contribution in [0.3, 0.4) is 0 Å². The van der Waals surface area contributed by atoms with E-state index in [1.54, 1.807) is 0 Å². The molecule has 0 unspecified atom stereocenters. The molecule has 0 fully saturated rings. The number of hydrogen-bond acceptors (Lipinski definition) is 3. The molecule has 1 aliphatic rings. The molecule has 0 aliphatic carbocycles. The first-order valence-electron chi connectivity index (χ1n) is 6.07. The van der Waals surface area contributed by atoms with Crippen molar-refractivity contribution in [2.24, 2.45) is 0 Å². The van der Waals surface area contributed by atoms with E-state index in [1.165, 1.54) is 5.56 Å². The number of carboxylic acid groups (broad SMARTS) is 1. The molecule has 0 atom stereocenters. The molecule has 0 aromatic heterocycles. The van der Waals surface area contributed by atoms with Crippen molar-refractivity contribution < 1.29 is 19.4 Å². The van der Waals surface area contributed by atoms with E-state index in [9.17, 15) is 4.79 Å². The van der Waals surface area contributed by atoms with Crippen LogP contribution in [-0.4, -0.2) is 23.3 Å². The number of carbonyl (C=O) groups is 1. The predicted molar refractivity (Wildman–Crippen MR) is 66.8 cm³/mol. The zero-order valence-electron chi connectivity index (χ0n) is 10.7. The second-order valence-electron chi connectivity index (χ2n) is 5.19. The highest BCUT2D eigenvalue weighted by Gasteiger charge is 2.26. The molecule has 1 aliphatic heterocycles. The molecular formula is C14H18O4. The second-order valence-corrected chi connectivity index (χ2v) is 5.19. The summed E-state index contributed by atoms with van der Waals surface area (Å²) >= 11 is 0. The van der Waals surface area contributed by atoms with Gasteiger partial charge >= 0.3 is 5.97 Å². The lowest BCUT2D eigenvalue weighted by Gasteiger charge is -2.32. The lowest BCUT2D eigenvalue weighted by Crippen LogP contribution is -2.32. The van der Waals surface area contributed by atoms with Gasteiger partial charge in [-0.1, -0.05) is 6.07 Å². The first-order chi connectivity index (χ1) is 8.46. The Labute approximate surface area is 107 Å². The highest BCUT2D eigenvalue weighted by atomic mass is 16.5. The number of aryl methyl sites for hydroxylation is 1. The standard InChI is InChI=1S/C14H18O4/c1-14(2)6-5-11-7-10(3-4-12(11)18-14)8-17-9-13(15)16/h3-4,7H,5-6,8-9H2,1-2H3,(H,15,16). The Balaban J connectivity index is 2.02. The van der Waals surface area contributed by atoms with Crippen molar-refractivity contribution in [2.75, 3.05) is 6.61 Å². The van der Waals surface area contributed by atoms with Crippen LogP contribution in [0.5, 0.6) is 5.75 Å². The van der Waals surface area contributed by atoms with E-state index in [-0.39, 0.29) is 12.2 Å². The molecule has 2 rings (SSSR count). The van der Waals surface area contributed by atoms with Gasteiger partial charge in [0.25, 0.3) is 0 Å². The fraction of sp³-hybridized carbons (Fsp3) is 0.500. The van der Waals surface area contributed by atoms with Crippen molar-refractivity contribution in [2.45, 2.75) is 38.9 Å². The van der Waals surface area contributed by atoms with Crippen molar-refractivity contribution >= 4 is 5.97 Å². The van der Waals surface area contributed by atoms with Gasteiger partial charge in [0.2, 0.25) is 0 Å². The van der Waals surface area contributed by atoms with Crippen LogP contribution >= 0.6 is 0 Å². The molecular weight excluding hydrogens is 232 g/mol. The van der Waals surface area contributed by atoms with Crippen LogP contribution in [0, 0.1) is 0 Å². The Morgan fingerprint density at radius 1 is 1.50 bits per heavy atom. The molecule has 1 N–H and O–H groups in total. The van der Waals surface area contributed by atoms with Gasteiger partial charge < -0.3 is 14.6 Å².